The summed E-state index contributed by atoms with van der Waals surface area (Å²) in [5, 5.41) is 5.97. The van der Waals surface area contributed by atoms with Crippen molar-refractivity contribution >= 4 is 57.2 Å². The van der Waals surface area contributed by atoms with Gasteiger partial charge in [-0.3, -0.25) is 4.79 Å². The van der Waals surface area contributed by atoms with Gasteiger partial charge < -0.3 is 10.1 Å². The molecule has 0 heterocycles. The highest BCUT2D eigenvalue weighted by Crippen LogP contribution is 2.42. The van der Waals surface area contributed by atoms with Gasteiger partial charge in [0.05, 0.1) is 10.0 Å². The lowest BCUT2D eigenvalue weighted by Gasteiger charge is -2.15. The average Bonchev–Trinajstić information content (AvgIpc) is 2.65. The second-order valence-electron chi connectivity index (χ2n) is 5.88. The Morgan fingerprint density at radius 3 is 2.23 bits per heavy atom. The normalized spacial score (nSPS) is 10.8. The number of hydrogen-bond donors (Lipinski definition) is 1. The molecule has 0 fully saturated rings. The van der Waals surface area contributed by atoms with E-state index in [1.54, 1.807) is 13.8 Å². The molecule has 3 nitrogen and oxygen atoms in total. The lowest BCUT2D eigenvalue weighted by atomic mass is 10.1. The van der Waals surface area contributed by atoms with Gasteiger partial charge in [0.15, 0.2) is 12.4 Å². The van der Waals surface area contributed by atoms with Crippen LogP contribution in [0.4, 0.5) is 5.69 Å². The van der Waals surface area contributed by atoms with Gasteiger partial charge in [-0.25, -0.2) is 0 Å². The molecule has 3 aromatic carbocycles. The van der Waals surface area contributed by atoms with Crippen molar-refractivity contribution in [3.05, 3.63) is 68.7 Å². The summed E-state index contributed by atoms with van der Waals surface area (Å²) in [6, 6.07) is 13.5. The highest BCUT2D eigenvalue weighted by molar-refractivity contribution is 6.42. The van der Waals surface area contributed by atoms with Gasteiger partial charge >= 0.3 is 0 Å². The summed E-state index contributed by atoms with van der Waals surface area (Å²) in [5.41, 5.74) is 2.05. The Labute approximate surface area is 166 Å². The van der Waals surface area contributed by atoms with Crippen LogP contribution in [0.1, 0.15) is 11.1 Å². The number of rotatable bonds is 4. The molecule has 0 atom stereocenters. The molecule has 0 aromatic heterocycles. The van der Waals surface area contributed by atoms with Crippen molar-refractivity contribution in [1.82, 2.24) is 0 Å². The van der Waals surface area contributed by atoms with Gasteiger partial charge in [0.25, 0.3) is 5.91 Å². The molecule has 3 rings (SSSR count). The van der Waals surface area contributed by atoms with Gasteiger partial charge in [0, 0.05) is 16.1 Å². The summed E-state index contributed by atoms with van der Waals surface area (Å²) in [6.45, 7) is 3.33. The maximum atomic E-state index is 12.3. The van der Waals surface area contributed by atoms with Crippen LogP contribution in [0, 0.1) is 13.8 Å². The molecular weight excluding hydrogens is 393 g/mol. The number of benzene rings is 3. The molecule has 0 aliphatic carbocycles. The van der Waals surface area contributed by atoms with Crippen molar-refractivity contribution in [2.24, 2.45) is 0 Å². The van der Waals surface area contributed by atoms with E-state index < -0.39 is 0 Å². The summed E-state index contributed by atoms with van der Waals surface area (Å²) in [7, 11) is 0. The molecule has 26 heavy (non-hydrogen) atoms. The van der Waals surface area contributed by atoms with Crippen LogP contribution in [0.3, 0.4) is 0 Å². The predicted octanol–water partition coefficient (Wildman–Crippen LogP) is 6.43. The molecule has 1 N–H and O–H groups in total. The SMILES string of the molecule is Cc1c(Cl)c(C)c(Cl)c(OCC(=O)Nc2cccc3ccccc23)c1Cl. The average molecular weight is 409 g/mol. The fraction of sp³-hybridized carbons (Fsp3) is 0.150. The van der Waals surface area contributed by atoms with Crippen molar-refractivity contribution in [3.8, 4) is 5.75 Å². The van der Waals surface area contributed by atoms with E-state index in [2.05, 4.69) is 5.32 Å². The summed E-state index contributed by atoms with van der Waals surface area (Å²) >= 11 is 18.7. The van der Waals surface area contributed by atoms with E-state index in [-0.39, 0.29) is 18.3 Å². The number of carbonyl (C=O) groups is 1. The first-order valence-corrected chi connectivity index (χ1v) is 9.07. The van der Waals surface area contributed by atoms with E-state index >= 15 is 0 Å². The van der Waals surface area contributed by atoms with Gasteiger partial charge in [-0.15, -0.1) is 0 Å². The van der Waals surface area contributed by atoms with Gasteiger partial charge in [0.1, 0.15) is 0 Å². The van der Waals surface area contributed by atoms with Crippen LogP contribution < -0.4 is 10.1 Å². The Kier molecular flexibility index (Phi) is 5.61. The highest BCUT2D eigenvalue weighted by Gasteiger charge is 2.18. The van der Waals surface area contributed by atoms with Gasteiger partial charge in [-0.1, -0.05) is 71.2 Å². The zero-order valence-electron chi connectivity index (χ0n) is 14.2. The third kappa shape index (κ3) is 3.61. The maximum Gasteiger partial charge on any atom is 0.262 e. The number of nitrogens with one attached hydrogen (secondary N) is 1. The topological polar surface area (TPSA) is 38.3 Å². The molecule has 134 valence electrons. The lowest BCUT2D eigenvalue weighted by molar-refractivity contribution is -0.118. The Morgan fingerprint density at radius 2 is 1.54 bits per heavy atom. The number of amides is 1. The Bertz CT molecular complexity index is 968. The first-order valence-electron chi connectivity index (χ1n) is 7.94. The van der Waals surface area contributed by atoms with Crippen molar-refractivity contribution < 1.29 is 9.53 Å². The minimum Gasteiger partial charge on any atom is -0.481 e. The molecule has 0 unspecified atom stereocenters. The highest BCUT2D eigenvalue weighted by atomic mass is 35.5. The number of hydrogen-bond acceptors (Lipinski definition) is 2. The van der Waals surface area contributed by atoms with Gasteiger partial charge in [-0.2, -0.15) is 0 Å². The van der Waals surface area contributed by atoms with Crippen molar-refractivity contribution in [1.29, 1.82) is 0 Å². The summed E-state index contributed by atoms with van der Waals surface area (Å²) in [6.07, 6.45) is 0. The molecule has 1 amide bonds. The largest absolute Gasteiger partial charge is 0.481 e. The van der Waals surface area contributed by atoms with Crippen LogP contribution in [0.25, 0.3) is 10.8 Å². The van der Waals surface area contributed by atoms with Crippen LogP contribution >= 0.6 is 34.8 Å². The van der Waals surface area contributed by atoms with Crippen molar-refractivity contribution in [2.75, 3.05) is 11.9 Å². The Morgan fingerprint density at radius 1 is 0.923 bits per heavy atom. The van der Waals surface area contributed by atoms with Crippen molar-refractivity contribution in [3.63, 3.8) is 0 Å². The summed E-state index contributed by atoms with van der Waals surface area (Å²) < 4.78 is 5.60. The smallest absolute Gasteiger partial charge is 0.262 e. The number of carbonyl (C=O) groups excluding carboxylic acids is 1. The van der Waals surface area contributed by atoms with Crippen LogP contribution in [0.5, 0.6) is 5.75 Å². The molecule has 0 aliphatic heterocycles. The second kappa shape index (κ2) is 7.75. The van der Waals surface area contributed by atoms with E-state index in [4.69, 9.17) is 39.5 Å². The van der Waals surface area contributed by atoms with Crippen LogP contribution in [-0.4, -0.2) is 12.5 Å². The molecule has 0 aliphatic rings. The molecule has 0 bridgehead atoms. The number of fused-ring (bicyclic) bond motifs is 1. The van der Waals surface area contributed by atoms with Crippen molar-refractivity contribution in [2.45, 2.75) is 13.8 Å². The zero-order chi connectivity index (χ0) is 18.8. The van der Waals surface area contributed by atoms with E-state index in [0.29, 0.717) is 26.2 Å². The summed E-state index contributed by atoms with van der Waals surface area (Å²) in [5.74, 6) is -0.0421. The standard InChI is InChI=1S/C20H16Cl3NO2/c1-11-17(21)12(2)19(23)20(18(11)22)26-10-16(25)24-15-9-5-7-13-6-3-4-8-14(13)15/h3-9H,10H2,1-2H3,(H,24,25). The first kappa shape index (κ1) is 18.8. The fourth-order valence-corrected chi connectivity index (χ4v) is 3.52. The molecule has 0 saturated carbocycles. The lowest BCUT2D eigenvalue weighted by Crippen LogP contribution is -2.20. The van der Waals surface area contributed by atoms with E-state index in [1.165, 1.54) is 0 Å². The molecule has 0 radical (unpaired) electrons. The minimum atomic E-state index is -0.307. The zero-order valence-corrected chi connectivity index (χ0v) is 16.5. The van der Waals surface area contributed by atoms with Crippen LogP contribution in [-0.2, 0) is 4.79 Å². The monoisotopic (exact) mass is 407 g/mol. The quantitative estimate of drug-likeness (QED) is 0.540. The molecule has 0 saturated heterocycles. The Hall–Kier alpha value is -1.94. The fourth-order valence-electron chi connectivity index (χ4n) is 2.70. The molecular formula is C20H16Cl3NO2. The number of halogens is 3. The van der Waals surface area contributed by atoms with Gasteiger partial charge in [0.2, 0.25) is 0 Å². The van der Waals surface area contributed by atoms with Gasteiger partial charge in [-0.05, 0) is 36.4 Å². The molecule has 6 heteroatoms. The van der Waals surface area contributed by atoms with E-state index in [0.717, 1.165) is 16.5 Å². The van der Waals surface area contributed by atoms with E-state index in [1.807, 2.05) is 42.5 Å². The number of anilines is 1. The van der Waals surface area contributed by atoms with E-state index in [9.17, 15) is 4.79 Å². The first-order chi connectivity index (χ1) is 12.4. The molecule has 0 spiro atoms. The third-order valence-corrected chi connectivity index (χ3v) is 5.60. The van der Waals surface area contributed by atoms with Crippen LogP contribution in [0.2, 0.25) is 15.1 Å². The predicted molar refractivity (Wildman–Crippen MR) is 109 cm³/mol. The second-order valence-corrected chi connectivity index (χ2v) is 7.02. The Balaban J connectivity index is 1.78. The maximum absolute atomic E-state index is 12.3. The third-order valence-electron chi connectivity index (χ3n) is 4.13. The van der Waals surface area contributed by atoms with Crippen LogP contribution in [0.15, 0.2) is 42.5 Å². The number of ether oxygens (including phenoxy) is 1. The molecule has 3 aromatic rings. The minimum absolute atomic E-state index is 0.219. The summed E-state index contributed by atoms with van der Waals surface area (Å²) in [4.78, 5) is 12.3.